The van der Waals surface area contributed by atoms with Crippen LogP contribution in [0.4, 0.5) is 11.4 Å². The summed E-state index contributed by atoms with van der Waals surface area (Å²) < 4.78 is 6.63. The van der Waals surface area contributed by atoms with Gasteiger partial charge in [0.25, 0.3) is 11.8 Å². The van der Waals surface area contributed by atoms with Crippen LogP contribution in [-0.4, -0.2) is 30.6 Å². The molecule has 0 bridgehead atoms. The number of carbonyl (C=O) groups excluding carboxylic acids is 2. The number of unbranched alkanes of at least 4 members (excludes halogenated alkanes) is 3. The standard InChI is InChI=1S/C28H30BrN3O3S/c1-3-4-5-9-18-35-25-17-14-21(29)19-24(25)26(33)31-28(36)30-22-15-12-20(13-16-22)27(34)32(2)23-10-7-6-8-11-23/h6-8,10-17,19H,3-5,9,18H2,1-2H3,(H2,30,31,33,36). The number of carbonyl (C=O) groups is 2. The predicted octanol–water partition coefficient (Wildman–Crippen LogP) is 6.81. The van der Waals surface area contributed by atoms with Gasteiger partial charge in [0.15, 0.2) is 5.11 Å². The molecule has 0 unspecified atom stereocenters. The lowest BCUT2D eigenvalue weighted by atomic mass is 10.1. The van der Waals surface area contributed by atoms with Gasteiger partial charge in [-0.3, -0.25) is 14.9 Å². The number of anilines is 2. The Bertz CT molecular complexity index is 1190. The van der Waals surface area contributed by atoms with Crippen LogP contribution in [0.3, 0.4) is 0 Å². The van der Waals surface area contributed by atoms with E-state index in [1.165, 1.54) is 0 Å². The van der Waals surface area contributed by atoms with Crippen molar-refractivity contribution in [1.29, 1.82) is 0 Å². The van der Waals surface area contributed by atoms with Gasteiger partial charge in [-0.15, -0.1) is 0 Å². The summed E-state index contributed by atoms with van der Waals surface area (Å²) in [5, 5.41) is 5.85. The SMILES string of the molecule is CCCCCCOc1ccc(Br)cc1C(=O)NC(=S)Nc1ccc(C(=O)N(C)c2ccccc2)cc1. The summed E-state index contributed by atoms with van der Waals surface area (Å²) in [5.74, 6) is 0.0227. The molecule has 0 radical (unpaired) electrons. The largest absolute Gasteiger partial charge is 0.493 e. The highest BCUT2D eigenvalue weighted by atomic mass is 79.9. The second kappa shape index (κ2) is 13.8. The first-order chi connectivity index (χ1) is 17.4. The first-order valence-electron chi connectivity index (χ1n) is 11.9. The van der Waals surface area contributed by atoms with Gasteiger partial charge >= 0.3 is 0 Å². The highest BCUT2D eigenvalue weighted by molar-refractivity contribution is 9.10. The van der Waals surface area contributed by atoms with E-state index in [1.54, 1.807) is 48.3 Å². The van der Waals surface area contributed by atoms with Gasteiger partial charge in [-0.25, -0.2) is 0 Å². The minimum absolute atomic E-state index is 0.125. The van der Waals surface area contributed by atoms with E-state index in [0.717, 1.165) is 35.8 Å². The molecule has 6 nitrogen and oxygen atoms in total. The predicted molar refractivity (Wildman–Crippen MR) is 153 cm³/mol. The van der Waals surface area contributed by atoms with Crippen LogP contribution in [0.15, 0.2) is 77.3 Å². The average molecular weight is 569 g/mol. The number of para-hydroxylation sites is 1. The normalized spacial score (nSPS) is 10.4. The maximum Gasteiger partial charge on any atom is 0.261 e. The lowest BCUT2D eigenvalue weighted by molar-refractivity contribution is 0.0970. The smallest absolute Gasteiger partial charge is 0.261 e. The molecule has 0 fully saturated rings. The topological polar surface area (TPSA) is 70.7 Å². The molecule has 3 rings (SSSR count). The molecule has 2 N–H and O–H groups in total. The molecule has 0 spiro atoms. The second-order valence-corrected chi connectivity index (χ2v) is 9.56. The molecule has 188 valence electrons. The van der Waals surface area contributed by atoms with Crippen molar-refractivity contribution in [2.45, 2.75) is 32.6 Å². The molecule has 36 heavy (non-hydrogen) atoms. The van der Waals surface area contributed by atoms with E-state index >= 15 is 0 Å². The number of ether oxygens (including phenoxy) is 1. The maximum atomic E-state index is 12.9. The van der Waals surface area contributed by atoms with Crippen molar-refractivity contribution in [3.8, 4) is 5.75 Å². The zero-order chi connectivity index (χ0) is 25.9. The molecular weight excluding hydrogens is 538 g/mol. The van der Waals surface area contributed by atoms with E-state index in [-0.39, 0.29) is 16.9 Å². The molecule has 2 amide bonds. The number of hydrogen-bond acceptors (Lipinski definition) is 4. The molecule has 3 aromatic carbocycles. The fourth-order valence-corrected chi connectivity index (χ4v) is 4.08. The Hall–Kier alpha value is -3.23. The number of thiocarbonyl (C=S) groups is 1. The molecular formula is C28H30BrN3O3S. The van der Waals surface area contributed by atoms with E-state index in [2.05, 4.69) is 33.5 Å². The quantitative estimate of drug-likeness (QED) is 0.208. The van der Waals surface area contributed by atoms with Crippen molar-refractivity contribution >= 4 is 56.4 Å². The number of benzene rings is 3. The van der Waals surface area contributed by atoms with E-state index < -0.39 is 0 Å². The van der Waals surface area contributed by atoms with Gasteiger partial charge in [0, 0.05) is 28.5 Å². The van der Waals surface area contributed by atoms with Crippen LogP contribution in [0.2, 0.25) is 0 Å². The molecule has 0 aliphatic carbocycles. The third kappa shape index (κ3) is 7.90. The van der Waals surface area contributed by atoms with Crippen LogP contribution in [0.1, 0.15) is 53.3 Å². The summed E-state index contributed by atoms with van der Waals surface area (Å²) in [6, 6.07) is 21.7. The van der Waals surface area contributed by atoms with E-state index in [4.69, 9.17) is 17.0 Å². The number of nitrogens with one attached hydrogen (secondary N) is 2. The van der Waals surface area contributed by atoms with Gasteiger partial charge in [-0.05, 0) is 73.2 Å². The maximum absolute atomic E-state index is 12.9. The Morgan fingerprint density at radius 3 is 2.39 bits per heavy atom. The van der Waals surface area contributed by atoms with Crippen LogP contribution in [0.25, 0.3) is 0 Å². The zero-order valence-electron chi connectivity index (χ0n) is 20.4. The zero-order valence-corrected chi connectivity index (χ0v) is 22.8. The fraction of sp³-hybridized carbons (Fsp3) is 0.250. The van der Waals surface area contributed by atoms with Crippen molar-refractivity contribution in [3.63, 3.8) is 0 Å². The van der Waals surface area contributed by atoms with Crippen LogP contribution in [0, 0.1) is 0 Å². The first-order valence-corrected chi connectivity index (χ1v) is 13.1. The summed E-state index contributed by atoms with van der Waals surface area (Å²) in [6.07, 6.45) is 4.34. The van der Waals surface area contributed by atoms with Gasteiger partial charge < -0.3 is 15.0 Å². The monoisotopic (exact) mass is 567 g/mol. The first kappa shape index (κ1) is 27.4. The minimum atomic E-state index is -0.367. The van der Waals surface area contributed by atoms with Crippen LogP contribution < -0.4 is 20.3 Å². The molecule has 0 heterocycles. The number of hydrogen-bond donors (Lipinski definition) is 2. The third-order valence-corrected chi connectivity index (χ3v) is 6.20. The van der Waals surface area contributed by atoms with Gasteiger partial charge in [0.2, 0.25) is 0 Å². The van der Waals surface area contributed by atoms with E-state index in [1.807, 2.05) is 36.4 Å². The minimum Gasteiger partial charge on any atom is -0.493 e. The molecule has 0 aliphatic heterocycles. The molecule has 8 heteroatoms. The van der Waals surface area contributed by atoms with Gasteiger partial charge in [0.1, 0.15) is 5.75 Å². The molecule has 0 aliphatic rings. The Labute approximate surface area is 226 Å². The van der Waals surface area contributed by atoms with Crippen LogP contribution in [-0.2, 0) is 0 Å². The Kier molecular flexibility index (Phi) is 10.5. The summed E-state index contributed by atoms with van der Waals surface area (Å²) >= 11 is 8.76. The number of rotatable bonds is 10. The summed E-state index contributed by atoms with van der Waals surface area (Å²) in [5.41, 5.74) is 2.40. The summed E-state index contributed by atoms with van der Waals surface area (Å²) in [7, 11) is 1.74. The second-order valence-electron chi connectivity index (χ2n) is 8.23. The van der Waals surface area contributed by atoms with Gasteiger partial charge in [-0.2, -0.15) is 0 Å². The van der Waals surface area contributed by atoms with Crippen molar-refractivity contribution in [3.05, 3.63) is 88.4 Å². The van der Waals surface area contributed by atoms with Gasteiger partial charge in [0.05, 0.1) is 12.2 Å². The third-order valence-electron chi connectivity index (χ3n) is 5.51. The molecule has 3 aromatic rings. The van der Waals surface area contributed by atoms with Crippen molar-refractivity contribution in [2.75, 3.05) is 23.9 Å². The highest BCUT2D eigenvalue weighted by Crippen LogP contribution is 2.24. The Morgan fingerprint density at radius 2 is 1.69 bits per heavy atom. The highest BCUT2D eigenvalue weighted by Gasteiger charge is 2.16. The lowest BCUT2D eigenvalue weighted by Gasteiger charge is -2.17. The lowest BCUT2D eigenvalue weighted by Crippen LogP contribution is -2.34. The van der Waals surface area contributed by atoms with Crippen LogP contribution >= 0.6 is 28.1 Å². The summed E-state index contributed by atoms with van der Waals surface area (Å²) in [4.78, 5) is 27.3. The number of halogens is 1. The number of nitrogens with zero attached hydrogens (tertiary/aromatic N) is 1. The van der Waals surface area contributed by atoms with Crippen molar-refractivity contribution in [1.82, 2.24) is 5.32 Å². The number of amides is 2. The molecule has 0 atom stereocenters. The Balaban J connectivity index is 1.58. The van der Waals surface area contributed by atoms with E-state index in [0.29, 0.717) is 29.2 Å². The van der Waals surface area contributed by atoms with Crippen molar-refractivity contribution < 1.29 is 14.3 Å². The summed E-state index contributed by atoms with van der Waals surface area (Å²) in [6.45, 7) is 2.71. The van der Waals surface area contributed by atoms with Crippen molar-refractivity contribution in [2.24, 2.45) is 0 Å². The van der Waals surface area contributed by atoms with Gasteiger partial charge in [-0.1, -0.05) is 60.3 Å². The fourth-order valence-electron chi connectivity index (χ4n) is 3.51. The molecule has 0 saturated heterocycles. The average Bonchev–Trinajstić information content (AvgIpc) is 2.89. The molecule has 0 saturated carbocycles. The molecule has 0 aromatic heterocycles. The Morgan fingerprint density at radius 1 is 0.972 bits per heavy atom. The van der Waals surface area contributed by atoms with Crippen LogP contribution in [0.5, 0.6) is 5.75 Å². The van der Waals surface area contributed by atoms with E-state index in [9.17, 15) is 9.59 Å².